The van der Waals surface area contributed by atoms with Crippen molar-refractivity contribution in [1.29, 1.82) is 0 Å². The van der Waals surface area contributed by atoms with E-state index in [1.807, 2.05) is 54.6 Å². The van der Waals surface area contributed by atoms with Crippen molar-refractivity contribution in [3.05, 3.63) is 129 Å². The summed E-state index contributed by atoms with van der Waals surface area (Å²) in [7, 11) is 0. The van der Waals surface area contributed by atoms with Crippen LogP contribution in [0.5, 0.6) is 5.75 Å². The third-order valence-electron chi connectivity index (χ3n) is 6.18. The lowest BCUT2D eigenvalue weighted by Gasteiger charge is -2.20. The Morgan fingerprint density at radius 3 is 2.17 bits per heavy atom. The third kappa shape index (κ3) is 6.48. The van der Waals surface area contributed by atoms with Crippen LogP contribution in [0.15, 0.2) is 95.8 Å². The van der Waals surface area contributed by atoms with E-state index in [-0.39, 0.29) is 11.5 Å². The van der Waals surface area contributed by atoms with Crippen LogP contribution in [0.2, 0.25) is 0 Å². The summed E-state index contributed by atoms with van der Waals surface area (Å²) in [6, 6.07) is 29.7. The molecule has 4 aromatic rings. The number of hydrogen-bond acceptors (Lipinski definition) is 4. The Labute approximate surface area is 210 Å². The van der Waals surface area contributed by atoms with Crippen molar-refractivity contribution in [2.45, 2.75) is 44.6 Å². The summed E-state index contributed by atoms with van der Waals surface area (Å²) in [4.78, 5) is 23.3. The molecule has 0 saturated heterocycles. The summed E-state index contributed by atoms with van der Waals surface area (Å²) in [5.74, 6) is -0.520. The van der Waals surface area contributed by atoms with Gasteiger partial charge in [-0.1, -0.05) is 72.8 Å². The maximum atomic E-state index is 12.2. The first kappa shape index (κ1) is 24.9. The third-order valence-corrected chi connectivity index (χ3v) is 6.18. The predicted octanol–water partition coefficient (Wildman–Crippen LogP) is 5.37. The van der Waals surface area contributed by atoms with Crippen molar-refractivity contribution in [1.82, 2.24) is 10.2 Å². The first-order valence-electron chi connectivity index (χ1n) is 12.2. The highest BCUT2D eigenvalue weighted by Gasteiger charge is 2.21. The second-order valence-corrected chi connectivity index (χ2v) is 8.85. The number of nitrogens with one attached hydrogen (secondary N) is 1. The molecule has 184 valence electrons. The monoisotopic (exact) mass is 482 g/mol. The van der Waals surface area contributed by atoms with E-state index in [9.17, 15) is 9.59 Å². The fourth-order valence-electron chi connectivity index (χ4n) is 4.37. The van der Waals surface area contributed by atoms with E-state index in [4.69, 9.17) is 9.84 Å². The van der Waals surface area contributed by atoms with Gasteiger partial charge in [-0.2, -0.15) is 5.10 Å². The van der Waals surface area contributed by atoms with E-state index in [0.717, 1.165) is 53.6 Å². The van der Waals surface area contributed by atoms with Crippen molar-refractivity contribution < 1.29 is 14.6 Å². The molecule has 36 heavy (non-hydrogen) atoms. The molecule has 0 aliphatic carbocycles. The molecule has 0 saturated carbocycles. The fraction of sp³-hybridized carbons (Fsp3) is 0.233. The molecule has 6 heteroatoms. The van der Waals surface area contributed by atoms with E-state index >= 15 is 0 Å². The summed E-state index contributed by atoms with van der Waals surface area (Å²) < 4.78 is 5.49. The fourth-order valence-corrected chi connectivity index (χ4v) is 4.37. The zero-order chi connectivity index (χ0) is 25.3. The van der Waals surface area contributed by atoms with Gasteiger partial charge in [-0.05, 0) is 67.0 Å². The molecule has 0 unspecified atom stereocenters. The Kier molecular flexibility index (Phi) is 8.29. The highest BCUT2D eigenvalue weighted by Crippen LogP contribution is 2.32. The molecule has 1 aromatic heterocycles. The number of H-pyrrole nitrogens is 1. The molecule has 0 aliphatic rings. The van der Waals surface area contributed by atoms with Gasteiger partial charge < -0.3 is 9.84 Å². The second kappa shape index (κ2) is 12.0. The van der Waals surface area contributed by atoms with Gasteiger partial charge in [0.25, 0.3) is 5.56 Å². The number of unbranched alkanes of at least 4 members (excludes halogenated alkanes) is 1. The van der Waals surface area contributed by atoms with Crippen LogP contribution in [0.4, 0.5) is 0 Å². The second-order valence-electron chi connectivity index (χ2n) is 8.85. The van der Waals surface area contributed by atoms with E-state index in [2.05, 4.69) is 34.5 Å². The van der Waals surface area contributed by atoms with Crippen LogP contribution >= 0.6 is 0 Å². The van der Waals surface area contributed by atoms with Gasteiger partial charge in [0.05, 0.1) is 11.6 Å². The Bertz CT molecular complexity index is 1300. The minimum Gasteiger partial charge on any atom is -0.479 e. The van der Waals surface area contributed by atoms with E-state index in [0.29, 0.717) is 5.75 Å². The molecule has 2 N–H and O–H groups in total. The van der Waals surface area contributed by atoms with Crippen LogP contribution in [-0.4, -0.2) is 27.4 Å². The summed E-state index contributed by atoms with van der Waals surface area (Å²) in [5.41, 5.74) is 4.94. The molecule has 0 aliphatic heterocycles. The number of carboxylic acid groups (broad SMARTS) is 1. The number of hydrogen-bond donors (Lipinski definition) is 2. The van der Waals surface area contributed by atoms with Crippen molar-refractivity contribution in [2.75, 3.05) is 0 Å². The normalized spacial score (nSPS) is 11.8. The number of rotatable bonds is 11. The minimum absolute atomic E-state index is 0.0793. The van der Waals surface area contributed by atoms with E-state index in [1.54, 1.807) is 12.1 Å². The SMILES string of the molecule is C[C@H](Oc1cccc(CCCCc2cc(=O)[nH]nc2C(c2ccccc2)c2ccccc2)c1)C(=O)O. The van der Waals surface area contributed by atoms with Crippen LogP contribution in [0.3, 0.4) is 0 Å². The Balaban J connectivity index is 1.49. The smallest absolute Gasteiger partial charge is 0.344 e. The van der Waals surface area contributed by atoms with Gasteiger partial charge in [0.2, 0.25) is 0 Å². The van der Waals surface area contributed by atoms with E-state index in [1.165, 1.54) is 6.92 Å². The van der Waals surface area contributed by atoms with Crippen LogP contribution in [0.1, 0.15) is 53.6 Å². The summed E-state index contributed by atoms with van der Waals surface area (Å²) in [5, 5.41) is 16.2. The molecule has 0 amide bonds. The average molecular weight is 483 g/mol. The molecule has 0 radical (unpaired) electrons. The average Bonchev–Trinajstić information content (AvgIpc) is 2.89. The topological polar surface area (TPSA) is 92.3 Å². The van der Waals surface area contributed by atoms with Crippen LogP contribution in [0, 0.1) is 0 Å². The Hall–Kier alpha value is -4.19. The lowest BCUT2D eigenvalue weighted by atomic mass is 9.85. The maximum Gasteiger partial charge on any atom is 0.344 e. The van der Waals surface area contributed by atoms with Crippen molar-refractivity contribution in [3.63, 3.8) is 0 Å². The molecule has 0 bridgehead atoms. The van der Waals surface area contributed by atoms with Gasteiger partial charge in [0.15, 0.2) is 6.10 Å². The summed E-state index contributed by atoms with van der Waals surface area (Å²) >= 11 is 0. The van der Waals surface area contributed by atoms with Crippen LogP contribution in [0.25, 0.3) is 0 Å². The van der Waals surface area contributed by atoms with Crippen molar-refractivity contribution >= 4 is 5.97 Å². The number of aryl methyl sites for hydroxylation is 2. The number of nitrogens with zero attached hydrogens (tertiary/aromatic N) is 1. The Morgan fingerprint density at radius 1 is 0.889 bits per heavy atom. The minimum atomic E-state index is -0.994. The van der Waals surface area contributed by atoms with Crippen LogP contribution < -0.4 is 10.3 Å². The Morgan fingerprint density at radius 2 is 1.53 bits per heavy atom. The van der Waals surface area contributed by atoms with Crippen LogP contribution in [-0.2, 0) is 17.6 Å². The molecule has 4 rings (SSSR count). The molecular weight excluding hydrogens is 452 g/mol. The molecule has 6 nitrogen and oxygen atoms in total. The summed E-state index contributed by atoms with van der Waals surface area (Å²) in [6.07, 6.45) is 2.45. The maximum absolute atomic E-state index is 12.2. The van der Waals surface area contributed by atoms with Gasteiger partial charge in [0, 0.05) is 6.07 Å². The zero-order valence-corrected chi connectivity index (χ0v) is 20.3. The zero-order valence-electron chi connectivity index (χ0n) is 20.3. The molecule has 0 fully saturated rings. The number of aromatic nitrogens is 2. The number of benzene rings is 3. The first-order valence-corrected chi connectivity index (χ1v) is 12.2. The molecular formula is C30H30N2O4. The van der Waals surface area contributed by atoms with Gasteiger partial charge in [0.1, 0.15) is 5.75 Å². The van der Waals surface area contributed by atoms with E-state index < -0.39 is 12.1 Å². The number of carboxylic acids is 1. The molecule has 0 spiro atoms. The van der Waals surface area contributed by atoms with Gasteiger partial charge in [-0.15, -0.1) is 0 Å². The number of carbonyl (C=O) groups is 1. The standard InChI is InChI=1S/C30H30N2O4/c1-21(30(34)35)36-26-18-10-12-22(19-26)11-8-9-17-25-20-27(33)31-32-29(25)28(23-13-4-2-5-14-23)24-15-6-3-7-16-24/h2-7,10,12-16,18-21,28H,8-9,11,17H2,1H3,(H,31,33)(H,34,35)/t21-/m0/s1. The van der Waals surface area contributed by atoms with Gasteiger partial charge >= 0.3 is 5.97 Å². The summed E-state index contributed by atoms with van der Waals surface area (Å²) in [6.45, 7) is 1.51. The highest BCUT2D eigenvalue weighted by atomic mass is 16.5. The van der Waals surface area contributed by atoms with Gasteiger partial charge in [-0.25, -0.2) is 9.89 Å². The van der Waals surface area contributed by atoms with Gasteiger partial charge in [-0.3, -0.25) is 4.79 Å². The molecule has 3 aromatic carbocycles. The lowest BCUT2D eigenvalue weighted by Crippen LogP contribution is -2.22. The largest absolute Gasteiger partial charge is 0.479 e. The molecule has 1 heterocycles. The first-order chi connectivity index (χ1) is 17.5. The molecule has 1 atom stereocenters. The number of aromatic amines is 1. The van der Waals surface area contributed by atoms with Crippen molar-refractivity contribution in [3.8, 4) is 5.75 Å². The predicted molar refractivity (Wildman–Crippen MR) is 139 cm³/mol. The van der Waals surface area contributed by atoms with Crippen molar-refractivity contribution in [2.24, 2.45) is 0 Å². The number of aliphatic carboxylic acids is 1. The quantitative estimate of drug-likeness (QED) is 0.281. The highest BCUT2D eigenvalue weighted by molar-refractivity contribution is 5.72. The lowest BCUT2D eigenvalue weighted by molar-refractivity contribution is -0.144. The number of ether oxygens (including phenoxy) is 1.